The molecule has 0 fully saturated rings. The minimum Gasteiger partial charge on any atom is -0.361 e. The quantitative estimate of drug-likeness (QED) is 0.818. The lowest BCUT2D eigenvalue weighted by molar-refractivity contribution is -0.127. The number of rotatable bonds is 4. The summed E-state index contributed by atoms with van der Waals surface area (Å²) < 4.78 is 0. The van der Waals surface area contributed by atoms with E-state index in [0.717, 1.165) is 17.3 Å². The number of hydrogen-bond donors (Lipinski definition) is 1. The fourth-order valence-corrected chi connectivity index (χ4v) is 3.51. The third-order valence-electron chi connectivity index (χ3n) is 4.18. The maximum atomic E-state index is 12.6. The number of benzene rings is 1. The Hall–Kier alpha value is -2.93. The zero-order chi connectivity index (χ0) is 19.4. The summed E-state index contributed by atoms with van der Waals surface area (Å²) in [6.45, 7) is 7.91. The second-order valence-electron chi connectivity index (χ2n) is 6.03. The van der Waals surface area contributed by atoms with Gasteiger partial charge in [-0.25, -0.2) is 9.97 Å². The molecule has 6 nitrogen and oxygen atoms in total. The second kappa shape index (κ2) is 8.18. The van der Waals surface area contributed by atoms with Crippen LogP contribution in [0.3, 0.4) is 0 Å². The van der Waals surface area contributed by atoms with Gasteiger partial charge < -0.3 is 10.2 Å². The van der Waals surface area contributed by atoms with Crippen molar-refractivity contribution >= 4 is 28.6 Å². The molecule has 3 rings (SSSR count). The van der Waals surface area contributed by atoms with E-state index >= 15 is 0 Å². The molecule has 1 aromatic carbocycles. The van der Waals surface area contributed by atoms with Gasteiger partial charge in [0, 0.05) is 27.9 Å². The van der Waals surface area contributed by atoms with E-state index in [-0.39, 0.29) is 17.6 Å². The van der Waals surface area contributed by atoms with Crippen molar-refractivity contribution < 1.29 is 9.59 Å². The summed E-state index contributed by atoms with van der Waals surface area (Å²) in [4.78, 5) is 36.0. The molecule has 0 unspecified atom stereocenters. The number of nitrogens with one attached hydrogen (secondary N) is 1. The van der Waals surface area contributed by atoms with Crippen LogP contribution in [0.5, 0.6) is 0 Å². The van der Waals surface area contributed by atoms with Crippen molar-refractivity contribution in [2.45, 2.75) is 20.4 Å². The molecule has 2 aromatic rings. The molecule has 1 amide bonds. The lowest BCUT2D eigenvalue weighted by Gasteiger charge is -2.23. The van der Waals surface area contributed by atoms with Crippen LogP contribution in [-0.4, -0.2) is 32.4 Å². The van der Waals surface area contributed by atoms with E-state index in [9.17, 15) is 9.59 Å². The van der Waals surface area contributed by atoms with Crippen molar-refractivity contribution in [3.63, 3.8) is 0 Å². The first-order valence-electron chi connectivity index (χ1n) is 8.47. The summed E-state index contributed by atoms with van der Waals surface area (Å²) in [6.07, 6.45) is 3.33. The standard InChI is InChI=1S/C20H20N4O2S/c1-4-17(27-20(26)15-8-6-5-7-9-15)13(2)24-12-16-10-21-14(3)23-19(16)22-11-18(24)25/h4-10H,1,11-12H2,2-3H3,(H,21,22,23)/b17-13-. The van der Waals surface area contributed by atoms with Gasteiger partial charge in [-0.2, -0.15) is 0 Å². The second-order valence-corrected chi connectivity index (χ2v) is 7.05. The predicted octanol–water partition coefficient (Wildman–Crippen LogP) is 3.53. The molecule has 0 aliphatic carbocycles. The highest BCUT2D eigenvalue weighted by atomic mass is 32.2. The Morgan fingerprint density at radius 3 is 2.78 bits per heavy atom. The number of anilines is 1. The van der Waals surface area contributed by atoms with Gasteiger partial charge in [0.1, 0.15) is 11.6 Å². The summed E-state index contributed by atoms with van der Waals surface area (Å²) in [7, 11) is 0. The van der Waals surface area contributed by atoms with Gasteiger partial charge in [-0.1, -0.05) is 43.0 Å². The molecular formula is C20H20N4O2S. The Labute approximate surface area is 162 Å². The number of thioether (sulfide) groups is 1. The highest BCUT2D eigenvalue weighted by Crippen LogP contribution is 2.29. The fourth-order valence-electron chi connectivity index (χ4n) is 2.71. The van der Waals surface area contributed by atoms with E-state index in [1.807, 2.05) is 25.1 Å². The molecular weight excluding hydrogens is 360 g/mol. The lowest BCUT2D eigenvalue weighted by Crippen LogP contribution is -2.31. The van der Waals surface area contributed by atoms with E-state index in [2.05, 4.69) is 21.9 Å². The Balaban J connectivity index is 1.89. The van der Waals surface area contributed by atoms with Crippen LogP contribution in [0.1, 0.15) is 28.7 Å². The highest BCUT2D eigenvalue weighted by Gasteiger charge is 2.24. The molecule has 138 valence electrons. The fraction of sp³-hybridized carbons (Fsp3) is 0.200. The van der Waals surface area contributed by atoms with Crippen molar-refractivity contribution in [1.82, 2.24) is 14.9 Å². The van der Waals surface area contributed by atoms with Crippen LogP contribution < -0.4 is 5.32 Å². The van der Waals surface area contributed by atoms with Crippen LogP contribution in [0.25, 0.3) is 0 Å². The smallest absolute Gasteiger partial charge is 0.246 e. The summed E-state index contributed by atoms with van der Waals surface area (Å²) in [6, 6.07) is 9.04. The van der Waals surface area contributed by atoms with Crippen molar-refractivity contribution in [1.29, 1.82) is 0 Å². The number of amides is 1. The van der Waals surface area contributed by atoms with Crippen LogP contribution in [0.4, 0.5) is 5.82 Å². The van der Waals surface area contributed by atoms with E-state index in [1.165, 1.54) is 0 Å². The average molecular weight is 380 g/mol. The molecule has 1 aliphatic heterocycles. The van der Waals surface area contributed by atoms with E-state index in [1.54, 1.807) is 36.2 Å². The molecule has 0 atom stereocenters. The van der Waals surface area contributed by atoms with E-state index < -0.39 is 0 Å². The first-order chi connectivity index (χ1) is 13.0. The van der Waals surface area contributed by atoms with Gasteiger partial charge in [-0.15, -0.1) is 0 Å². The summed E-state index contributed by atoms with van der Waals surface area (Å²) in [5.41, 5.74) is 2.11. The van der Waals surface area contributed by atoms with E-state index in [4.69, 9.17) is 0 Å². The molecule has 0 radical (unpaired) electrons. The van der Waals surface area contributed by atoms with Gasteiger partial charge >= 0.3 is 0 Å². The van der Waals surface area contributed by atoms with Gasteiger partial charge in [0.05, 0.1) is 13.1 Å². The minimum atomic E-state index is -0.102. The van der Waals surface area contributed by atoms with E-state index in [0.29, 0.717) is 34.4 Å². The molecule has 1 aromatic heterocycles. The third kappa shape index (κ3) is 4.25. The molecule has 0 saturated heterocycles. The Morgan fingerprint density at radius 1 is 1.33 bits per heavy atom. The van der Waals surface area contributed by atoms with Crippen LogP contribution in [0, 0.1) is 6.92 Å². The Kier molecular flexibility index (Phi) is 5.71. The zero-order valence-corrected chi connectivity index (χ0v) is 16.0. The van der Waals surface area contributed by atoms with Crippen molar-refractivity contribution in [2.75, 3.05) is 11.9 Å². The molecule has 7 heteroatoms. The maximum absolute atomic E-state index is 12.6. The average Bonchev–Trinajstić information content (AvgIpc) is 2.85. The minimum absolute atomic E-state index is 0.0930. The van der Waals surface area contributed by atoms with Crippen molar-refractivity contribution in [3.8, 4) is 0 Å². The van der Waals surface area contributed by atoms with Crippen molar-refractivity contribution in [2.24, 2.45) is 0 Å². The first kappa shape index (κ1) is 18.8. The largest absolute Gasteiger partial charge is 0.361 e. The first-order valence-corrected chi connectivity index (χ1v) is 9.28. The predicted molar refractivity (Wildman–Crippen MR) is 107 cm³/mol. The normalized spacial score (nSPS) is 14.6. The summed E-state index contributed by atoms with van der Waals surface area (Å²) in [5, 5.41) is 2.97. The number of allylic oxidation sites excluding steroid dienone is 2. The van der Waals surface area contributed by atoms with Gasteiger partial charge in [0.15, 0.2) is 0 Å². The Bertz CT molecular complexity index is 925. The topological polar surface area (TPSA) is 75.2 Å². The van der Waals surface area contributed by atoms with Gasteiger partial charge in [-0.3, -0.25) is 9.59 Å². The van der Waals surface area contributed by atoms with Gasteiger partial charge in [0.25, 0.3) is 0 Å². The van der Waals surface area contributed by atoms with Gasteiger partial charge in [-0.05, 0) is 25.6 Å². The number of fused-ring (bicyclic) bond motifs is 1. The lowest BCUT2D eigenvalue weighted by atomic mass is 10.2. The number of carbonyl (C=O) groups excluding carboxylic acids is 2. The molecule has 0 spiro atoms. The molecule has 1 aliphatic rings. The van der Waals surface area contributed by atoms with Crippen LogP contribution in [-0.2, 0) is 11.3 Å². The third-order valence-corrected chi connectivity index (χ3v) is 5.28. The van der Waals surface area contributed by atoms with Crippen LogP contribution in [0.15, 0.2) is 59.8 Å². The monoisotopic (exact) mass is 380 g/mol. The summed E-state index contributed by atoms with van der Waals surface area (Å²) in [5.74, 6) is 1.21. The van der Waals surface area contributed by atoms with Crippen LogP contribution in [0.2, 0.25) is 0 Å². The van der Waals surface area contributed by atoms with Crippen LogP contribution >= 0.6 is 11.8 Å². The van der Waals surface area contributed by atoms with Crippen molar-refractivity contribution in [3.05, 3.63) is 76.7 Å². The number of hydrogen-bond acceptors (Lipinski definition) is 6. The molecule has 2 heterocycles. The maximum Gasteiger partial charge on any atom is 0.246 e. The number of nitrogens with zero attached hydrogens (tertiary/aromatic N) is 3. The molecule has 0 bridgehead atoms. The molecule has 1 N–H and O–H groups in total. The number of aryl methyl sites for hydroxylation is 1. The molecule has 27 heavy (non-hydrogen) atoms. The summed E-state index contributed by atoms with van der Waals surface area (Å²) >= 11 is 1.07. The SMILES string of the molecule is C=C/C(SC(=O)c1ccccc1)=C(\C)N1Cc2cnc(C)nc2NCC1=O. The Morgan fingerprint density at radius 2 is 2.07 bits per heavy atom. The number of carbonyl (C=O) groups is 2. The number of aromatic nitrogens is 2. The van der Waals surface area contributed by atoms with Gasteiger partial charge in [0.2, 0.25) is 11.0 Å². The highest BCUT2D eigenvalue weighted by molar-refractivity contribution is 8.17. The zero-order valence-electron chi connectivity index (χ0n) is 15.2. The molecule has 0 saturated carbocycles.